The van der Waals surface area contributed by atoms with E-state index in [2.05, 4.69) is 13.8 Å². The van der Waals surface area contributed by atoms with E-state index in [1.807, 2.05) is 27.7 Å². The van der Waals surface area contributed by atoms with E-state index in [9.17, 15) is 20.1 Å². The third-order valence-corrected chi connectivity index (χ3v) is 17.9. The summed E-state index contributed by atoms with van der Waals surface area (Å²) in [4.78, 5) is 13.5. The summed E-state index contributed by atoms with van der Waals surface area (Å²) < 4.78 is 82.3. The monoisotopic (exact) mass is 927 g/mol. The van der Waals surface area contributed by atoms with Crippen LogP contribution in [0.5, 0.6) is 0 Å². The first-order valence-corrected chi connectivity index (χ1v) is 24.7. The molecule has 17 nitrogen and oxygen atoms in total. The second-order valence-corrected chi connectivity index (χ2v) is 21.5. The van der Waals surface area contributed by atoms with Crippen molar-refractivity contribution in [2.45, 2.75) is 248 Å². The van der Waals surface area contributed by atoms with Crippen LogP contribution in [0.2, 0.25) is 0 Å². The third-order valence-electron chi connectivity index (χ3n) is 17.9. The molecule has 9 rings (SSSR count). The van der Waals surface area contributed by atoms with E-state index in [0.717, 1.165) is 38.5 Å². The quantitative estimate of drug-likeness (QED) is 0.252. The highest BCUT2D eigenvalue weighted by molar-refractivity contribution is 5.91. The number of Topliss-reactive ketones (excluding diaryl/α,β-unsaturated/α-hetero) is 1. The predicted molar refractivity (Wildman–Crippen MR) is 228 cm³/mol. The van der Waals surface area contributed by atoms with Crippen molar-refractivity contribution in [2.24, 2.45) is 28.6 Å². The lowest BCUT2D eigenvalue weighted by Crippen LogP contribution is -2.58. The maximum Gasteiger partial charge on any atom is 0.172 e. The molecule has 0 unspecified atom stereocenters. The molecule has 0 aromatic carbocycles. The minimum absolute atomic E-state index is 0.0174. The Kier molecular flexibility index (Phi) is 14.3. The van der Waals surface area contributed by atoms with Gasteiger partial charge in [0.05, 0.1) is 72.6 Å². The van der Waals surface area contributed by atoms with E-state index in [0.29, 0.717) is 31.6 Å². The zero-order valence-corrected chi connectivity index (χ0v) is 40.1. The van der Waals surface area contributed by atoms with Gasteiger partial charge >= 0.3 is 0 Å². The standard InChI is InChI=1S/C48H78O17/c1-22-29-16-31(50)45(52)47(29,7)36-21-35-46(6)13-12-28(15-27(46)11-14-48(35,64-22)65-36)60-38-19-33(54-9)43(25(4)58-38)62-37-17-30(49)42(24(3)57-37)61-40-20-34(55-10)44(26(5)59-40)63-39-18-32(53-8)41(51)23(2)56-39/h22-44,49-51H,11-21H2,1-10H3/t22-,23+,24+,25+,26+,27-,28-,29-,30-,31-,32+,33+,34+,35+,36+,37-,38-,39-,40-,41+,42+,43+,44+,46-,47-,48-/m0/s1. The lowest BCUT2D eigenvalue weighted by atomic mass is 9.52. The van der Waals surface area contributed by atoms with Gasteiger partial charge in [0.25, 0.3) is 0 Å². The van der Waals surface area contributed by atoms with Gasteiger partial charge in [-0.25, -0.2) is 0 Å². The molecule has 9 aliphatic rings. The largest absolute Gasteiger partial charge is 0.390 e. The average molecular weight is 927 g/mol. The van der Waals surface area contributed by atoms with Gasteiger partial charge in [0, 0.05) is 65.3 Å². The van der Waals surface area contributed by atoms with Gasteiger partial charge in [-0.05, 0) is 91.4 Å². The lowest BCUT2D eigenvalue weighted by Gasteiger charge is -2.57. The fourth-order valence-electron chi connectivity index (χ4n) is 14.1. The maximum atomic E-state index is 13.5. The Morgan fingerprint density at radius 2 is 1.11 bits per heavy atom. The maximum absolute atomic E-state index is 13.5. The van der Waals surface area contributed by atoms with Gasteiger partial charge in [0.15, 0.2) is 36.7 Å². The fourth-order valence-corrected chi connectivity index (χ4v) is 14.1. The van der Waals surface area contributed by atoms with E-state index in [-0.39, 0.29) is 66.1 Å². The second-order valence-electron chi connectivity index (χ2n) is 21.5. The topological polar surface area (TPSA) is 198 Å². The molecule has 0 amide bonds. The van der Waals surface area contributed by atoms with Crippen molar-refractivity contribution in [3.8, 4) is 0 Å². The molecule has 3 aliphatic carbocycles. The Bertz CT molecular complexity index is 1650. The Balaban J connectivity index is 0.754. The number of methoxy groups -OCH3 is 3. The fraction of sp³-hybridized carbons (Fsp3) is 0.979. The van der Waals surface area contributed by atoms with Crippen LogP contribution < -0.4 is 0 Å². The number of aliphatic hydroxyl groups is 3. The molecule has 65 heavy (non-hydrogen) atoms. The van der Waals surface area contributed by atoms with E-state index in [4.69, 9.17) is 61.6 Å². The van der Waals surface area contributed by atoms with Crippen molar-refractivity contribution < 1.29 is 81.7 Å². The number of carbonyl (C=O) groups is 1. The second kappa shape index (κ2) is 19.0. The molecule has 3 N–H and O–H groups in total. The summed E-state index contributed by atoms with van der Waals surface area (Å²) in [6.45, 7) is 14.0. The van der Waals surface area contributed by atoms with Gasteiger partial charge in [-0.3, -0.25) is 4.79 Å². The summed E-state index contributed by atoms with van der Waals surface area (Å²) in [5.41, 5.74) is -0.779. The van der Waals surface area contributed by atoms with Gasteiger partial charge in [0.2, 0.25) is 0 Å². The molecule has 0 aromatic heterocycles. The number of aliphatic hydroxyl groups excluding tert-OH is 3. The van der Waals surface area contributed by atoms with Crippen LogP contribution in [-0.4, -0.2) is 171 Å². The smallest absolute Gasteiger partial charge is 0.172 e. The first-order valence-electron chi connectivity index (χ1n) is 24.7. The van der Waals surface area contributed by atoms with Crippen molar-refractivity contribution in [3.63, 3.8) is 0 Å². The summed E-state index contributed by atoms with van der Waals surface area (Å²) in [5, 5.41) is 32.5. The normalized spacial score (nSPS) is 55.8. The molecule has 0 aromatic rings. The summed E-state index contributed by atoms with van der Waals surface area (Å²) in [7, 11) is 4.86. The molecule has 17 heteroatoms. The van der Waals surface area contributed by atoms with Gasteiger partial charge in [0.1, 0.15) is 30.5 Å². The van der Waals surface area contributed by atoms with Crippen LogP contribution in [0.25, 0.3) is 0 Å². The summed E-state index contributed by atoms with van der Waals surface area (Å²) in [6, 6.07) is 0. The number of carbonyl (C=O) groups excluding carboxylic acids is 1. The molecule has 372 valence electrons. The van der Waals surface area contributed by atoms with Crippen molar-refractivity contribution in [1.29, 1.82) is 0 Å². The predicted octanol–water partition coefficient (Wildman–Crippen LogP) is 3.91. The molecule has 6 heterocycles. The number of hydrogen-bond acceptors (Lipinski definition) is 17. The van der Waals surface area contributed by atoms with Crippen LogP contribution in [0.4, 0.5) is 0 Å². The molecule has 26 atom stereocenters. The Hall–Kier alpha value is -0.970. The van der Waals surface area contributed by atoms with Crippen LogP contribution in [0, 0.1) is 28.6 Å². The van der Waals surface area contributed by atoms with E-state index in [1.165, 1.54) is 0 Å². The first-order chi connectivity index (χ1) is 30.9. The van der Waals surface area contributed by atoms with Gasteiger partial charge in [-0.1, -0.05) is 6.92 Å². The molecular formula is C48H78O17. The highest BCUT2D eigenvalue weighted by atomic mass is 16.8. The molecule has 9 fully saturated rings. The SMILES string of the molecule is CO[C@@H]1C[C@H](O[C@@H]2[C@@H](C)O[C@@H](O[C@H]3[C@@H](O)C[C@H](O[C@@H]4[C@@H](C)O[C@@H](O[C@H]5CC[C@@]6(C)[C@@H](CC[C@@]78O[C@@H](C)[C@@H]9C[C@H](O)C(=O)[C@]9(C)[C@@H](C[C@@H]76)O8)C5)C[C@H]4OC)O[C@@H]3C)C[C@H]2OC)O[C@H](C)[C@H]1O. The Morgan fingerprint density at radius 1 is 0.569 bits per heavy atom. The highest BCUT2D eigenvalue weighted by Crippen LogP contribution is 2.67. The molecule has 0 radical (unpaired) electrons. The van der Waals surface area contributed by atoms with Crippen molar-refractivity contribution in [2.75, 3.05) is 21.3 Å². The Morgan fingerprint density at radius 3 is 1.71 bits per heavy atom. The van der Waals surface area contributed by atoms with Crippen LogP contribution >= 0.6 is 0 Å². The van der Waals surface area contributed by atoms with Crippen molar-refractivity contribution >= 4 is 5.78 Å². The first kappa shape index (κ1) is 49.0. The number of ether oxygens (including phenoxy) is 13. The zero-order chi connectivity index (χ0) is 46.3. The number of hydrogen-bond donors (Lipinski definition) is 3. The van der Waals surface area contributed by atoms with Crippen molar-refractivity contribution in [1.82, 2.24) is 0 Å². The van der Waals surface area contributed by atoms with Gasteiger partial charge in [-0.2, -0.15) is 0 Å². The van der Waals surface area contributed by atoms with Crippen molar-refractivity contribution in [3.05, 3.63) is 0 Å². The van der Waals surface area contributed by atoms with E-state index >= 15 is 0 Å². The number of fused-ring (bicyclic) bond motifs is 5. The summed E-state index contributed by atoms with van der Waals surface area (Å²) in [6.07, 6.45) is -2.94. The summed E-state index contributed by atoms with van der Waals surface area (Å²) >= 11 is 0. The number of rotatable bonds is 11. The third kappa shape index (κ3) is 8.83. The molecular weight excluding hydrogens is 849 g/mol. The number of ketones is 1. The Labute approximate surface area is 384 Å². The van der Waals surface area contributed by atoms with E-state index in [1.54, 1.807) is 28.3 Å². The molecule has 2 bridgehead atoms. The van der Waals surface area contributed by atoms with Crippen LogP contribution in [0.15, 0.2) is 0 Å². The molecule has 6 aliphatic heterocycles. The van der Waals surface area contributed by atoms with Crippen LogP contribution in [-0.2, 0) is 66.4 Å². The minimum Gasteiger partial charge on any atom is -0.390 e. The zero-order valence-electron chi connectivity index (χ0n) is 40.1. The van der Waals surface area contributed by atoms with E-state index < -0.39 is 97.4 Å². The highest BCUT2D eigenvalue weighted by Gasteiger charge is 2.71. The lowest BCUT2D eigenvalue weighted by molar-refractivity contribution is -0.346. The molecule has 6 saturated heterocycles. The van der Waals surface area contributed by atoms with Crippen LogP contribution in [0.3, 0.4) is 0 Å². The molecule has 3 saturated carbocycles. The molecule has 1 spiro atoms. The average Bonchev–Trinajstić information content (AvgIpc) is 3.75. The van der Waals surface area contributed by atoms with Crippen LogP contribution in [0.1, 0.15) is 119 Å². The van der Waals surface area contributed by atoms with Gasteiger partial charge < -0.3 is 76.9 Å². The minimum atomic E-state index is -0.952. The summed E-state index contributed by atoms with van der Waals surface area (Å²) in [5.74, 6) is -0.277. The van der Waals surface area contributed by atoms with Gasteiger partial charge in [-0.15, -0.1) is 0 Å².